The number of hydrogen-bond acceptors (Lipinski definition) is 2. The van der Waals surface area contributed by atoms with Crippen molar-refractivity contribution in [2.24, 2.45) is 0 Å². The fourth-order valence-corrected chi connectivity index (χ4v) is 9.79. The molecule has 0 saturated carbocycles. The second-order valence-electron chi connectivity index (χ2n) is 16.3. The number of benzene rings is 8. The highest BCUT2D eigenvalue weighted by Crippen LogP contribution is 2.57. The summed E-state index contributed by atoms with van der Waals surface area (Å²) in [6.45, 7) is 0. The van der Waals surface area contributed by atoms with Gasteiger partial charge in [-0.05, 0) is 149 Å². The normalized spacial score (nSPS) is 13.2. The van der Waals surface area contributed by atoms with Crippen LogP contribution >= 0.6 is 0 Å². The van der Waals surface area contributed by atoms with E-state index < -0.39 is 0 Å². The van der Waals surface area contributed by atoms with Gasteiger partial charge in [-0.15, -0.1) is 0 Å². The molecule has 0 amide bonds. The Kier molecular flexibility index (Phi) is 10.1. The lowest BCUT2D eigenvalue weighted by Crippen LogP contribution is -2.27. The van der Waals surface area contributed by atoms with Gasteiger partial charge in [0, 0.05) is 39.5 Å². The third kappa shape index (κ3) is 7.04. The molecule has 288 valence electrons. The van der Waals surface area contributed by atoms with E-state index in [1.165, 1.54) is 83.3 Å². The van der Waals surface area contributed by atoms with Crippen molar-refractivity contribution in [3.05, 3.63) is 240 Å². The first-order chi connectivity index (χ1) is 29.3. The van der Waals surface area contributed by atoms with E-state index >= 15 is 0 Å². The number of nitrogens with zero attached hydrogens (tertiary/aromatic N) is 2. The standard InChI is InChI=1S/C57H50N2/c1(8-20-43-31-32-44-33-34-45(44)40-43)2-19-39-57(46-21-9-3-10-22-46)55-41-51(58(47-23-11-4-12-24-47)48-25-13-5-14-26-48)35-37-53(55)54-38-36-52(42-56(54)57)59(49-27-15-6-16-28-49)50-29-17-7-18-30-50/h3-7,9-18,21-32,35-38,40-42H,1-2,8,19-20,33-34,39H2. The predicted molar refractivity (Wildman–Crippen MR) is 248 cm³/mol. The summed E-state index contributed by atoms with van der Waals surface area (Å²) in [5.41, 5.74) is 18.0. The average Bonchev–Trinajstić information content (AvgIpc) is 3.56. The van der Waals surface area contributed by atoms with Crippen molar-refractivity contribution in [1.82, 2.24) is 0 Å². The maximum absolute atomic E-state index is 2.51. The molecule has 0 bridgehead atoms. The molecule has 59 heavy (non-hydrogen) atoms. The Morgan fingerprint density at radius 3 is 1.24 bits per heavy atom. The number of aryl methyl sites for hydroxylation is 3. The van der Waals surface area contributed by atoms with Crippen molar-refractivity contribution >= 4 is 34.1 Å². The van der Waals surface area contributed by atoms with Crippen LogP contribution in [0.25, 0.3) is 11.1 Å². The van der Waals surface area contributed by atoms with Crippen molar-refractivity contribution in [2.75, 3.05) is 9.80 Å². The molecule has 10 rings (SSSR count). The molecule has 2 nitrogen and oxygen atoms in total. The first-order valence-corrected chi connectivity index (χ1v) is 21.5. The van der Waals surface area contributed by atoms with Gasteiger partial charge < -0.3 is 9.80 Å². The number of para-hydroxylation sites is 4. The van der Waals surface area contributed by atoms with Crippen molar-refractivity contribution in [1.29, 1.82) is 0 Å². The second kappa shape index (κ2) is 16.3. The maximum Gasteiger partial charge on any atom is 0.0465 e. The molecule has 2 aliphatic rings. The van der Waals surface area contributed by atoms with Crippen LogP contribution in [0.4, 0.5) is 34.1 Å². The molecule has 2 aliphatic carbocycles. The number of hydrogen-bond donors (Lipinski definition) is 0. The van der Waals surface area contributed by atoms with Gasteiger partial charge in [0.15, 0.2) is 0 Å². The van der Waals surface area contributed by atoms with Crippen molar-refractivity contribution in [3.8, 4) is 11.1 Å². The lowest BCUT2D eigenvalue weighted by molar-refractivity contribution is 0.511. The summed E-state index contributed by atoms with van der Waals surface area (Å²) in [6, 6.07) is 76.3. The van der Waals surface area contributed by atoms with Crippen LogP contribution in [0.5, 0.6) is 0 Å². The molecule has 0 spiro atoms. The molecular formula is C57H50N2. The zero-order valence-corrected chi connectivity index (χ0v) is 33.7. The molecule has 0 heterocycles. The topological polar surface area (TPSA) is 6.48 Å². The van der Waals surface area contributed by atoms with E-state index in [0.29, 0.717) is 0 Å². The summed E-state index contributed by atoms with van der Waals surface area (Å²) in [7, 11) is 0. The first-order valence-electron chi connectivity index (χ1n) is 21.5. The Hall–Kier alpha value is -6.64. The van der Waals surface area contributed by atoms with Crippen LogP contribution in [0.1, 0.15) is 65.5 Å². The Morgan fingerprint density at radius 2 is 0.797 bits per heavy atom. The summed E-state index contributed by atoms with van der Waals surface area (Å²) in [6.07, 6.45) is 9.48. The lowest BCUT2D eigenvalue weighted by Gasteiger charge is -2.35. The van der Waals surface area contributed by atoms with Crippen molar-refractivity contribution in [2.45, 2.75) is 56.8 Å². The molecular weight excluding hydrogens is 713 g/mol. The molecule has 0 radical (unpaired) electrons. The predicted octanol–water partition coefficient (Wildman–Crippen LogP) is 15.2. The van der Waals surface area contributed by atoms with E-state index in [9.17, 15) is 0 Å². The molecule has 0 aromatic heterocycles. The summed E-state index contributed by atoms with van der Waals surface area (Å²) >= 11 is 0. The van der Waals surface area contributed by atoms with Crippen molar-refractivity contribution < 1.29 is 0 Å². The van der Waals surface area contributed by atoms with Gasteiger partial charge in [0.25, 0.3) is 0 Å². The minimum Gasteiger partial charge on any atom is -0.310 e. The van der Waals surface area contributed by atoms with E-state index in [0.717, 1.165) is 35.6 Å². The van der Waals surface area contributed by atoms with E-state index in [1.54, 1.807) is 11.1 Å². The fraction of sp³-hybridized carbons (Fsp3) is 0.158. The van der Waals surface area contributed by atoms with Gasteiger partial charge in [-0.3, -0.25) is 0 Å². The Labute approximate surface area is 350 Å². The average molecular weight is 763 g/mol. The number of fused-ring (bicyclic) bond motifs is 4. The third-order valence-electron chi connectivity index (χ3n) is 12.8. The molecule has 0 unspecified atom stereocenters. The van der Waals surface area contributed by atoms with Gasteiger partial charge in [0.05, 0.1) is 0 Å². The van der Waals surface area contributed by atoms with E-state index in [4.69, 9.17) is 0 Å². The van der Waals surface area contributed by atoms with Gasteiger partial charge in [-0.25, -0.2) is 0 Å². The molecule has 0 aliphatic heterocycles. The van der Waals surface area contributed by atoms with E-state index in [2.05, 4.69) is 216 Å². The van der Waals surface area contributed by atoms with Gasteiger partial charge in [0.2, 0.25) is 0 Å². The summed E-state index contributed by atoms with van der Waals surface area (Å²) < 4.78 is 0. The minimum absolute atomic E-state index is 0.349. The van der Waals surface area contributed by atoms with Crippen LogP contribution in [0.2, 0.25) is 0 Å². The summed E-state index contributed by atoms with van der Waals surface area (Å²) in [4.78, 5) is 4.82. The van der Waals surface area contributed by atoms with Crippen LogP contribution in [-0.4, -0.2) is 0 Å². The van der Waals surface area contributed by atoms with Gasteiger partial charge >= 0.3 is 0 Å². The molecule has 0 saturated heterocycles. The minimum atomic E-state index is -0.349. The Morgan fingerprint density at radius 1 is 0.356 bits per heavy atom. The fourth-order valence-electron chi connectivity index (χ4n) is 9.79. The highest BCUT2D eigenvalue weighted by atomic mass is 15.1. The smallest absolute Gasteiger partial charge is 0.0465 e. The Bertz CT molecular complexity index is 2440. The van der Waals surface area contributed by atoms with Gasteiger partial charge in [-0.1, -0.05) is 153 Å². The number of unbranched alkanes of at least 4 members (excludes halogenated alkanes) is 3. The quantitative estimate of drug-likeness (QED) is 0.102. The molecule has 2 heteroatoms. The van der Waals surface area contributed by atoms with Gasteiger partial charge in [0.1, 0.15) is 0 Å². The molecule has 8 aromatic rings. The monoisotopic (exact) mass is 762 g/mol. The van der Waals surface area contributed by atoms with Crippen LogP contribution in [-0.2, 0) is 24.7 Å². The van der Waals surface area contributed by atoms with Crippen LogP contribution in [0.3, 0.4) is 0 Å². The Balaban J connectivity index is 1.09. The zero-order chi connectivity index (χ0) is 39.4. The first kappa shape index (κ1) is 36.7. The number of anilines is 6. The highest BCUT2D eigenvalue weighted by molar-refractivity contribution is 5.90. The van der Waals surface area contributed by atoms with Crippen LogP contribution in [0.15, 0.2) is 206 Å². The van der Waals surface area contributed by atoms with Gasteiger partial charge in [-0.2, -0.15) is 0 Å². The second-order valence-corrected chi connectivity index (χ2v) is 16.3. The molecule has 0 atom stereocenters. The molecule has 0 fully saturated rings. The lowest BCUT2D eigenvalue weighted by atomic mass is 9.69. The SMILES string of the molecule is c1ccc(N(c2ccccc2)c2ccc3c(c2)C(CCCCCCc2ccc4c(c2)CC4)(c2ccccc2)c2cc(N(c4ccccc4)c4ccccc4)ccc2-3)cc1. The zero-order valence-electron chi connectivity index (χ0n) is 33.7. The summed E-state index contributed by atoms with van der Waals surface area (Å²) in [5, 5.41) is 0. The molecule has 0 N–H and O–H groups in total. The maximum atomic E-state index is 2.51. The van der Waals surface area contributed by atoms with E-state index in [1.807, 2.05) is 0 Å². The number of rotatable bonds is 14. The van der Waals surface area contributed by atoms with Crippen LogP contribution in [0, 0.1) is 0 Å². The largest absolute Gasteiger partial charge is 0.310 e. The van der Waals surface area contributed by atoms with Crippen LogP contribution < -0.4 is 9.80 Å². The summed E-state index contributed by atoms with van der Waals surface area (Å²) in [5.74, 6) is 0. The van der Waals surface area contributed by atoms with E-state index in [-0.39, 0.29) is 5.41 Å². The molecule has 8 aromatic carbocycles. The highest BCUT2D eigenvalue weighted by Gasteiger charge is 2.45. The third-order valence-corrected chi connectivity index (χ3v) is 12.8. The van der Waals surface area contributed by atoms with Crippen molar-refractivity contribution in [3.63, 3.8) is 0 Å².